The normalized spacial score (nSPS) is 10.2. The topological polar surface area (TPSA) is 67.9 Å². The van der Waals surface area contributed by atoms with Gasteiger partial charge in [0.15, 0.2) is 6.61 Å². The van der Waals surface area contributed by atoms with Gasteiger partial charge < -0.3 is 19.7 Å². The van der Waals surface area contributed by atoms with Gasteiger partial charge in [-0.05, 0) is 44.5 Å². The average molecular weight is 370 g/mol. The number of aryl methyl sites for hydroxylation is 2. The molecule has 2 rings (SSSR count). The first-order valence-corrected chi connectivity index (χ1v) is 8.85. The van der Waals surface area contributed by atoms with E-state index >= 15 is 0 Å². The molecule has 1 N–H and O–H groups in total. The minimum Gasteiger partial charge on any atom is -0.495 e. The molecule has 2 aromatic carbocycles. The first-order chi connectivity index (χ1) is 12.9. The number of carbonyl (C=O) groups excluding carboxylic acids is 2. The molecular formula is C21H26N2O4. The molecule has 0 bridgehead atoms. The minimum absolute atomic E-state index is 0.0520. The molecule has 0 saturated heterocycles. The second-order valence-electron chi connectivity index (χ2n) is 6.21. The number of methoxy groups -OCH3 is 1. The van der Waals surface area contributed by atoms with Crippen LogP contribution in [0.1, 0.15) is 18.1 Å². The summed E-state index contributed by atoms with van der Waals surface area (Å²) in [7, 11) is 1.54. The lowest BCUT2D eigenvalue weighted by Gasteiger charge is -2.21. The molecule has 144 valence electrons. The quantitative estimate of drug-likeness (QED) is 0.775. The van der Waals surface area contributed by atoms with Crippen LogP contribution in [0, 0.1) is 13.8 Å². The van der Waals surface area contributed by atoms with Crippen LogP contribution >= 0.6 is 0 Å². The Labute approximate surface area is 160 Å². The Hall–Kier alpha value is -3.02. The monoisotopic (exact) mass is 370 g/mol. The summed E-state index contributed by atoms with van der Waals surface area (Å²) < 4.78 is 10.8. The van der Waals surface area contributed by atoms with Crippen molar-refractivity contribution in [2.75, 3.05) is 32.1 Å². The van der Waals surface area contributed by atoms with E-state index in [0.717, 1.165) is 11.1 Å². The number of carbonyl (C=O) groups is 2. The summed E-state index contributed by atoms with van der Waals surface area (Å²) in [6, 6.07) is 12.9. The lowest BCUT2D eigenvalue weighted by Crippen LogP contribution is -2.40. The fourth-order valence-electron chi connectivity index (χ4n) is 2.68. The van der Waals surface area contributed by atoms with Gasteiger partial charge in [-0.2, -0.15) is 0 Å². The molecule has 0 fully saturated rings. The number of likely N-dealkylation sites (N-methyl/N-ethyl adjacent to an activating group) is 1. The van der Waals surface area contributed by atoms with Crippen molar-refractivity contribution >= 4 is 17.5 Å². The highest BCUT2D eigenvalue weighted by atomic mass is 16.5. The Morgan fingerprint density at radius 2 is 1.81 bits per heavy atom. The molecule has 0 aliphatic carbocycles. The van der Waals surface area contributed by atoms with E-state index in [1.54, 1.807) is 18.2 Å². The summed E-state index contributed by atoms with van der Waals surface area (Å²) in [6.07, 6.45) is 0. The molecule has 2 amide bonds. The minimum atomic E-state index is -0.291. The van der Waals surface area contributed by atoms with Crippen LogP contribution in [-0.4, -0.2) is 43.5 Å². The maximum Gasteiger partial charge on any atom is 0.260 e. The van der Waals surface area contributed by atoms with E-state index in [-0.39, 0.29) is 25.0 Å². The van der Waals surface area contributed by atoms with Crippen LogP contribution in [-0.2, 0) is 9.59 Å². The van der Waals surface area contributed by atoms with Gasteiger partial charge in [0.2, 0.25) is 5.91 Å². The van der Waals surface area contributed by atoms with Crippen LogP contribution in [0.4, 0.5) is 5.69 Å². The SMILES string of the molecule is CCN(CC(=O)Nc1ccccc1OC)C(=O)COc1ccc(C)cc1C. The molecule has 0 spiro atoms. The highest BCUT2D eigenvalue weighted by molar-refractivity contribution is 5.95. The molecule has 0 aliphatic heterocycles. The van der Waals surface area contributed by atoms with Gasteiger partial charge in [0.1, 0.15) is 11.5 Å². The predicted molar refractivity (Wildman–Crippen MR) is 105 cm³/mol. The fraction of sp³-hybridized carbons (Fsp3) is 0.333. The summed E-state index contributed by atoms with van der Waals surface area (Å²) in [5, 5.41) is 2.77. The molecule has 0 heterocycles. The van der Waals surface area contributed by atoms with E-state index < -0.39 is 0 Å². The summed E-state index contributed by atoms with van der Waals surface area (Å²) >= 11 is 0. The largest absolute Gasteiger partial charge is 0.495 e. The zero-order valence-corrected chi connectivity index (χ0v) is 16.2. The summed E-state index contributed by atoms with van der Waals surface area (Å²) in [5.74, 6) is 0.704. The van der Waals surface area contributed by atoms with Crippen molar-refractivity contribution in [2.24, 2.45) is 0 Å². The number of nitrogens with one attached hydrogen (secondary N) is 1. The van der Waals surface area contributed by atoms with Crippen molar-refractivity contribution in [3.8, 4) is 11.5 Å². The predicted octanol–water partition coefficient (Wildman–Crippen LogP) is 3.18. The third-order valence-corrected chi connectivity index (χ3v) is 4.13. The van der Waals surface area contributed by atoms with E-state index in [4.69, 9.17) is 9.47 Å². The first kappa shape index (κ1) is 20.3. The van der Waals surface area contributed by atoms with Crippen molar-refractivity contribution in [3.05, 3.63) is 53.6 Å². The standard InChI is InChI=1S/C21H26N2O4/c1-5-23(13-20(24)22-17-8-6-7-9-19(17)26-4)21(25)14-27-18-11-10-15(2)12-16(18)3/h6-12H,5,13-14H2,1-4H3,(H,22,24). The molecule has 0 unspecified atom stereocenters. The van der Waals surface area contributed by atoms with Gasteiger partial charge in [-0.3, -0.25) is 9.59 Å². The van der Waals surface area contributed by atoms with Crippen LogP contribution in [0.3, 0.4) is 0 Å². The number of hydrogen-bond donors (Lipinski definition) is 1. The highest BCUT2D eigenvalue weighted by Gasteiger charge is 2.17. The Morgan fingerprint density at radius 3 is 2.48 bits per heavy atom. The molecule has 0 atom stereocenters. The number of amides is 2. The Kier molecular flexibility index (Phi) is 7.23. The fourth-order valence-corrected chi connectivity index (χ4v) is 2.68. The average Bonchev–Trinajstić information content (AvgIpc) is 2.65. The first-order valence-electron chi connectivity index (χ1n) is 8.85. The number of hydrogen-bond acceptors (Lipinski definition) is 4. The van der Waals surface area contributed by atoms with E-state index in [1.165, 1.54) is 12.0 Å². The molecule has 27 heavy (non-hydrogen) atoms. The van der Waals surface area contributed by atoms with Crippen molar-refractivity contribution in [1.29, 1.82) is 0 Å². The van der Waals surface area contributed by atoms with Crippen LogP contribution in [0.2, 0.25) is 0 Å². The van der Waals surface area contributed by atoms with Crippen LogP contribution in [0.5, 0.6) is 11.5 Å². The maximum absolute atomic E-state index is 12.4. The van der Waals surface area contributed by atoms with Gasteiger partial charge in [0.25, 0.3) is 5.91 Å². The lowest BCUT2D eigenvalue weighted by molar-refractivity contribution is -0.136. The molecule has 6 heteroatoms. The third-order valence-electron chi connectivity index (χ3n) is 4.13. The number of anilines is 1. The summed E-state index contributed by atoms with van der Waals surface area (Å²) in [6.45, 7) is 6.01. The second-order valence-corrected chi connectivity index (χ2v) is 6.21. The highest BCUT2D eigenvalue weighted by Crippen LogP contribution is 2.23. The van der Waals surface area contributed by atoms with Gasteiger partial charge in [0.05, 0.1) is 19.3 Å². The number of rotatable bonds is 8. The zero-order chi connectivity index (χ0) is 19.8. The van der Waals surface area contributed by atoms with E-state index in [9.17, 15) is 9.59 Å². The van der Waals surface area contributed by atoms with Crippen molar-refractivity contribution < 1.29 is 19.1 Å². The Morgan fingerprint density at radius 1 is 1.07 bits per heavy atom. The van der Waals surface area contributed by atoms with E-state index in [1.807, 2.05) is 45.0 Å². The van der Waals surface area contributed by atoms with Gasteiger partial charge in [-0.1, -0.05) is 29.8 Å². The van der Waals surface area contributed by atoms with Crippen LogP contribution in [0.15, 0.2) is 42.5 Å². The van der Waals surface area contributed by atoms with E-state index in [0.29, 0.717) is 23.7 Å². The van der Waals surface area contributed by atoms with Gasteiger partial charge in [-0.25, -0.2) is 0 Å². The number of nitrogens with zero attached hydrogens (tertiary/aromatic N) is 1. The lowest BCUT2D eigenvalue weighted by atomic mass is 10.1. The summed E-state index contributed by atoms with van der Waals surface area (Å²) in [4.78, 5) is 26.2. The van der Waals surface area contributed by atoms with Gasteiger partial charge in [0, 0.05) is 6.54 Å². The number of para-hydroxylation sites is 2. The molecular weight excluding hydrogens is 344 g/mol. The Balaban J connectivity index is 1.93. The van der Waals surface area contributed by atoms with Crippen LogP contribution in [0.25, 0.3) is 0 Å². The van der Waals surface area contributed by atoms with Crippen molar-refractivity contribution in [2.45, 2.75) is 20.8 Å². The van der Waals surface area contributed by atoms with Gasteiger partial charge >= 0.3 is 0 Å². The zero-order valence-electron chi connectivity index (χ0n) is 16.2. The maximum atomic E-state index is 12.4. The smallest absolute Gasteiger partial charge is 0.260 e. The van der Waals surface area contributed by atoms with Crippen LogP contribution < -0.4 is 14.8 Å². The number of benzene rings is 2. The van der Waals surface area contributed by atoms with Crippen molar-refractivity contribution in [3.63, 3.8) is 0 Å². The summed E-state index contributed by atoms with van der Waals surface area (Å²) in [5.41, 5.74) is 2.68. The molecule has 0 saturated carbocycles. The molecule has 0 aromatic heterocycles. The third kappa shape index (κ3) is 5.74. The Bertz CT molecular complexity index is 805. The molecule has 0 aliphatic rings. The van der Waals surface area contributed by atoms with Gasteiger partial charge in [-0.15, -0.1) is 0 Å². The molecule has 2 aromatic rings. The molecule has 6 nitrogen and oxygen atoms in total. The molecule has 0 radical (unpaired) electrons. The number of ether oxygens (including phenoxy) is 2. The second kappa shape index (κ2) is 9.62. The van der Waals surface area contributed by atoms with Crippen molar-refractivity contribution in [1.82, 2.24) is 4.90 Å². The van der Waals surface area contributed by atoms with E-state index in [2.05, 4.69) is 5.32 Å².